The Hall–Kier alpha value is -0.540. The first kappa shape index (κ1) is 12.5. The number of nitrogens with one attached hydrogen (secondary N) is 1. The van der Waals surface area contributed by atoms with Crippen LogP contribution in [0.15, 0.2) is 28.7 Å². The summed E-state index contributed by atoms with van der Waals surface area (Å²) in [6, 6.07) is 8.26. The first-order valence-electron chi connectivity index (χ1n) is 5.40. The molecule has 84 valence electrons. The van der Waals surface area contributed by atoms with E-state index in [2.05, 4.69) is 52.3 Å². The Morgan fingerprint density at radius 2 is 2.13 bits per heavy atom. The second-order valence-corrected chi connectivity index (χ2v) is 4.66. The van der Waals surface area contributed by atoms with Gasteiger partial charge in [-0.1, -0.05) is 28.9 Å². The molecule has 0 aliphatic carbocycles. The van der Waals surface area contributed by atoms with Crippen molar-refractivity contribution in [3.8, 4) is 0 Å². The second-order valence-electron chi connectivity index (χ2n) is 3.74. The summed E-state index contributed by atoms with van der Waals surface area (Å²) in [5.74, 6) is 0. The molecule has 0 saturated heterocycles. The van der Waals surface area contributed by atoms with Gasteiger partial charge in [-0.25, -0.2) is 0 Å². The number of anilines is 1. The van der Waals surface area contributed by atoms with Gasteiger partial charge in [-0.3, -0.25) is 0 Å². The highest BCUT2D eigenvalue weighted by molar-refractivity contribution is 9.10. The third kappa shape index (κ3) is 5.19. The van der Waals surface area contributed by atoms with E-state index in [4.69, 9.17) is 0 Å². The van der Waals surface area contributed by atoms with Gasteiger partial charge < -0.3 is 10.2 Å². The maximum atomic E-state index is 3.46. The van der Waals surface area contributed by atoms with Crippen LogP contribution in [0.4, 0.5) is 5.69 Å². The van der Waals surface area contributed by atoms with Gasteiger partial charge in [-0.05, 0) is 38.2 Å². The molecule has 0 aromatic heterocycles. The summed E-state index contributed by atoms with van der Waals surface area (Å²) < 4.78 is 1.12. The standard InChI is InChI=1S/C12H19BrN2/c1-3-8-15(2)9-7-14-12-6-4-5-11(13)10-12/h4-6,10,14H,3,7-9H2,1-2H3. The van der Waals surface area contributed by atoms with Crippen molar-refractivity contribution in [3.63, 3.8) is 0 Å². The molecule has 0 bridgehead atoms. The smallest absolute Gasteiger partial charge is 0.0351 e. The average molecular weight is 271 g/mol. The Morgan fingerprint density at radius 1 is 1.33 bits per heavy atom. The number of nitrogens with zero attached hydrogens (tertiary/aromatic N) is 1. The summed E-state index contributed by atoms with van der Waals surface area (Å²) in [5.41, 5.74) is 1.18. The zero-order chi connectivity index (χ0) is 11.1. The highest BCUT2D eigenvalue weighted by atomic mass is 79.9. The van der Waals surface area contributed by atoms with Crippen LogP contribution in [0.25, 0.3) is 0 Å². The normalized spacial score (nSPS) is 10.7. The predicted octanol–water partition coefficient (Wildman–Crippen LogP) is 3.20. The summed E-state index contributed by atoms with van der Waals surface area (Å²) in [6.07, 6.45) is 1.22. The zero-order valence-electron chi connectivity index (χ0n) is 9.46. The van der Waals surface area contributed by atoms with Crippen LogP contribution in [-0.4, -0.2) is 31.6 Å². The topological polar surface area (TPSA) is 15.3 Å². The van der Waals surface area contributed by atoms with Crippen LogP contribution < -0.4 is 5.32 Å². The van der Waals surface area contributed by atoms with Gasteiger partial charge in [-0.2, -0.15) is 0 Å². The van der Waals surface area contributed by atoms with Crippen LogP contribution >= 0.6 is 15.9 Å². The summed E-state index contributed by atoms with van der Waals surface area (Å²) in [4.78, 5) is 2.34. The molecule has 2 nitrogen and oxygen atoms in total. The van der Waals surface area contributed by atoms with Gasteiger partial charge in [0.2, 0.25) is 0 Å². The van der Waals surface area contributed by atoms with Gasteiger partial charge in [0.05, 0.1) is 0 Å². The molecule has 1 rings (SSSR count). The van der Waals surface area contributed by atoms with E-state index in [0.29, 0.717) is 0 Å². The fourth-order valence-electron chi connectivity index (χ4n) is 1.48. The van der Waals surface area contributed by atoms with E-state index < -0.39 is 0 Å². The van der Waals surface area contributed by atoms with Crippen LogP contribution in [0.2, 0.25) is 0 Å². The molecule has 15 heavy (non-hydrogen) atoms. The van der Waals surface area contributed by atoms with E-state index >= 15 is 0 Å². The zero-order valence-corrected chi connectivity index (χ0v) is 11.0. The van der Waals surface area contributed by atoms with Crippen molar-refractivity contribution in [1.29, 1.82) is 0 Å². The molecule has 0 heterocycles. The Morgan fingerprint density at radius 3 is 2.80 bits per heavy atom. The minimum Gasteiger partial charge on any atom is -0.384 e. The van der Waals surface area contributed by atoms with Crippen molar-refractivity contribution in [3.05, 3.63) is 28.7 Å². The lowest BCUT2D eigenvalue weighted by molar-refractivity contribution is 0.348. The number of hydrogen-bond acceptors (Lipinski definition) is 2. The first-order valence-corrected chi connectivity index (χ1v) is 6.19. The molecule has 0 aliphatic heterocycles. The Balaban J connectivity index is 2.25. The van der Waals surface area contributed by atoms with E-state index in [1.165, 1.54) is 18.7 Å². The molecule has 0 fully saturated rings. The highest BCUT2D eigenvalue weighted by Crippen LogP contribution is 2.15. The molecule has 0 amide bonds. The minimum absolute atomic E-state index is 0.993. The Bertz CT molecular complexity index is 289. The third-order valence-corrected chi connectivity index (χ3v) is 2.75. The lowest BCUT2D eigenvalue weighted by Gasteiger charge is -2.16. The van der Waals surface area contributed by atoms with Gasteiger partial charge in [0.25, 0.3) is 0 Å². The highest BCUT2D eigenvalue weighted by Gasteiger charge is 1.96. The lowest BCUT2D eigenvalue weighted by Crippen LogP contribution is -2.25. The van der Waals surface area contributed by atoms with Crippen molar-refractivity contribution in [2.24, 2.45) is 0 Å². The second kappa shape index (κ2) is 6.85. The average Bonchev–Trinajstić information content (AvgIpc) is 2.18. The maximum absolute atomic E-state index is 3.46. The SMILES string of the molecule is CCCN(C)CCNc1cccc(Br)c1. The molecular weight excluding hydrogens is 252 g/mol. The summed E-state index contributed by atoms with van der Waals surface area (Å²) in [7, 11) is 2.16. The number of benzene rings is 1. The third-order valence-electron chi connectivity index (χ3n) is 2.25. The molecule has 0 spiro atoms. The van der Waals surface area contributed by atoms with E-state index in [0.717, 1.165) is 17.6 Å². The van der Waals surface area contributed by atoms with Crippen molar-refractivity contribution < 1.29 is 0 Å². The minimum atomic E-state index is 0.993. The number of hydrogen-bond donors (Lipinski definition) is 1. The van der Waals surface area contributed by atoms with Crippen molar-refractivity contribution in [1.82, 2.24) is 4.90 Å². The van der Waals surface area contributed by atoms with E-state index in [9.17, 15) is 0 Å². The largest absolute Gasteiger partial charge is 0.384 e. The van der Waals surface area contributed by atoms with Gasteiger partial charge in [0, 0.05) is 23.2 Å². The number of halogens is 1. The van der Waals surface area contributed by atoms with Crippen LogP contribution in [0.3, 0.4) is 0 Å². The van der Waals surface area contributed by atoms with E-state index in [1.54, 1.807) is 0 Å². The summed E-state index contributed by atoms with van der Waals surface area (Å²) in [5, 5.41) is 3.40. The van der Waals surface area contributed by atoms with Crippen molar-refractivity contribution >= 4 is 21.6 Å². The fraction of sp³-hybridized carbons (Fsp3) is 0.500. The molecule has 0 unspecified atom stereocenters. The predicted molar refractivity (Wildman–Crippen MR) is 70.4 cm³/mol. The van der Waals surface area contributed by atoms with Crippen LogP contribution in [0.1, 0.15) is 13.3 Å². The number of rotatable bonds is 6. The van der Waals surface area contributed by atoms with Crippen LogP contribution in [-0.2, 0) is 0 Å². The molecule has 1 aromatic carbocycles. The molecule has 3 heteroatoms. The summed E-state index contributed by atoms with van der Waals surface area (Å²) >= 11 is 3.46. The quantitative estimate of drug-likeness (QED) is 0.854. The van der Waals surface area contributed by atoms with Crippen LogP contribution in [0.5, 0.6) is 0 Å². The molecule has 0 aliphatic rings. The molecular formula is C12H19BrN2. The Labute approximate surface area is 101 Å². The van der Waals surface area contributed by atoms with Crippen LogP contribution in [0, 0.1) is 0 Å². The van der Waals surface area contributed by atoms with Gasteiger partial charge in [0.15, 0.2) is 0 Å². The van der Waals surface area contributed by atoms with Crippen molar-refractivity contribution in [2.45, 2.75) is 13.3 Å². The Kier molecular flexibility index (Phi) is 5.73. The summed E-state index contributed by atoms with van der Waals surface area (Å²) in [6.45, 7) is 5.45. The fourth-order valence-corrected chi connectivity index (χ4v) is 1.88. The van der Waals surface area contributed by atoms with E-state index in [-0.39, 0.29) is 0 Å². The molecule has 0 saturated carbocycles. The molecule has 1 N–H and O–H groups in total. The van der Waals surface area contributed by atoms with Gasteiger partial charge >= 0.3 is 0 Å². The lowest BCUT2D eigenvalue weighted by atomic mass is 10.3. The van der Waals surface area contributed by atoms with Crippen molar-refractivity contribution in [2.75, 3.05) is 32.0 Å². The molecule has 1 aromatic rings. The van der Waals surface area contributed by atoms with E-state index in [1.807, 2.05) is 12.1 Å². The van der Waals surface area contributed by atoms with Gasteiger partial charge in [0.1, 0.15) is 0 Å². The molecule has 0 radical (unpaired) electrons. The first-order chi connectivity index (χ1) is 7.22. The monoisotopic (exact) mass is 270 g/mol. The maximum Gasteiger partial charge on any atom is 0.0351 e. The van der Waals surface area contributed by atoms with Gasteiger partial charge in [-0.15, -0.1) is 0 Å². The molecule has 0 atom stereocenters. The number of likely N-dealkylation sites (N-methyl/N-ethyl adjacent to an activating group) is 1.